The SMILES string of the molecule is [Li+].[O-]c1cccc2ccc[nH+]c12.c1ccc(-c2nc(-c3ccccc3)nc(-c3cc(-c4cccnc4)cc(-c4cc5ccccc5c5ccccc45)c3)n2)cc1.c1ccc(-n2c(-c3ccc(-c4ccc5c(-c6ccc7ccccc7c6)c6ccccc6c(-c6ccc7ccccc7c6)c5c4)cc3)nc3ccccc32)cc1. The first-order valence-corrected chi connectivity index (χ1v) is 37.0. The Morgan fingerprint density at radius 3 is 1.41 bits per heavy atom. The number of para-hydroxylation sites is 4. The monoisotopic (exact) mass is 1410 g/mol. The van der Waals surface area contributed by atoms with Gasteiger partial charge in [-0.3, -0.25) is 9.55 Å². The molecule has 0 saturated heterocycles. The number of benzene rings is 17. The Kier molecular flexibility index (Phi) is 18.6. The number of aromatic amines is 1. The van der Waals surface area contributed by atoms with E-state index in [9.17, 15) is 5.11 Å². The first-order valence-electron chi connectivity index (χ1n) is 37.0. The van der Waals surface area contributed by atoms with Crippen LogP contribution in [0.4, 0.5) is 0 Å². The molecule has 0 atom stereocenters. The average molecular weight is 1410 g/mol. The molecule has 111 heavy (non-hydrogen) atoms. The van der Waals surface area contributed by atoms with Crippen LogP contribution in [-0.2, 0) is 0 Å². The van der Waals surface area contributed by atoms with Gasteiger partial charge in [-0.1, -0.05) is 291 Å². The second-order valence-electron chi connectivity index (χ2n) is 27.5. The van der Waals surface area contributed by atoms with Gasteiger partial charge in [0.05, 0.1) is 11.0 Å². The Morgan fingerprint density at radius 2 is 0.757 bits per heavy atom. The summed E-state index contributed by atoms with van der Waals surface area (Å²) in [6.45, 7) is 0. The number of aromatic nitrogens is 7. The predicted octanol–water partition coefficient (Wildman–Crippen LogP) is 21.9. The van der Waals surface area contributed by atoms with Crippen molar-refractivity contribution in [3.8, 4) is 113 Å². The normalized spacial score (nSPS) is 11.2. The first-order chi connectivity index (χ1) is 54.4. The topological polar surface area (TPSA) is 107 Å². The molecule has 0 bridgehead atoms. The number of pyridine rings is 2. The Hall–Kier alpha value is -14.3. The predicted molar refractivity (Wildman–Crippen MR) is 453 cm³/mol. The van der Waals surface area contributed by atoms with Crippen LogP contribution < -0.4 is 29.0 Å². The summed E-state index contributed by atoms with van der Waals surface area (Å²) in [5.74, 6) is 2.87. The van der Waals surface area contributed by atoms with Crippen LogP contribution in [0.25, 0.3) is 193 Å². The quantitative estimate of drug-likeness (QED) is 0.0767. The minimum atomic E-state index is 0. The maximum absolute atomic E-state index is 11.1. The van der Waals surface area contributed by atoms with Crippen molar-refractivity contribution in [2.75, 3.05) is 0 Å². The standard InChI is InChI=1S/C53H34N2.C40H26N4.C9H7NO.Li/c1-2-16-44(17-3-1)55-50-21-11-10-20-49(50)54-53(55)38-26-22-37(23-27-38)41-30-31-47-48(34-41)52(43-29-25-36-13-5-7-15-40(36)33-43)46-19-9-8-18-45(46)51(47)42-28-24-35-12-4-6-14-39(35)32-42;1-3-12-27(13-4-1)38-42-39(28-14-5-2-6-15-28)44-40(43-38)33-23-31(30-17-11-21-41-26-30)22-32(24-33)37-25-29-16-7-8-18-34(29)35-19-9-10-20-36(35)37;11-8-5-1-3-7-4-2-6-10-9(7)8;/h1-34H;1-26H;1-6,11H;/q;;;+1. The number of rotatable bonds is 10. The fourth-order valence-electron chi connectivity index (χ4n) is 15.5. The Labute approximate surface area is 653 Å². The molecule has 4 aromatic heterocycles. The number of hydrogen-bond acceptors (Lipinski definition) is 6. The fourth-order valence-corrected chi connectivity index (χ4v) is 15.5. The van der Waals surface area contributed by atoms with Crippen molar-refractivity contribution in [2.24, 2.45) is 0 Å². The summed E-state index contributed by atoms with van der Waals surface area (Å²) in [7, 11) is 0. The molecule has 0 unspecified atom stereocenters. The van der Waals surface area contributed by atoms with Gasteiger partial charge in [-0.15, -0.1) is 0 Å². The van der Waals surface area contributed by atoms with E-state index in [2.05, 4.69) is 300 Å². The third-order valence-corrected chi connectivity index (χ3v) is 20.8. The Balaban J connectivity index is 0.000000138. The zero-order valence-electron chi connectivity index (χ0n) is 60.7. The molecule has 0 saturated carbocycles. The van der Waals surface area contributed by atoms with Crippen molar-refractivity contribution in [3.05, 3.63) is 401 Å². The minimum Gasteiger partial charge on any atom is -0.868 e. The van der Waals surface area contributed by atoms with Crippen LogP contribution in [0.1, 0.15) is 0 Å². The van der Waals surface area contributed by atoms with Gasteiger partial charge in [0.1, 0.15) is 5.82 Å². The van der Waals surface area contributed by atoms with Crippen LogP contribution in [0.3, 0.4) is 0 Å². The number of nitrogens with one attached hydrogen (secondary N) is 1. The van der Waals surface area contributed by atoms with E-state index in [-0.39, 0.29) is 24.6 Å². The van der Waals surface area contributed by atoms with Crippen molar-refractivity contribution in [2.45, 2.75) is 0 Å². The molecule has 0 aliphatic rings. The van der Waals surface area contributed by atoms with Crippen LogP contribution in [0.15, 0.2) is 401 Å². The molecule has 21 aromatic rings. The Bertz CT molecular complexity index is 6970. The number of fused-ring (bicyclic) bond motifs is 9. The van der Waals surface area contributed by atoms with Gasteiger partial charge in [-0.2, -0.15) is 0 Å². The zero-order valence-corrected chi connectivity index (χ0v) is 60.7. The molecule has 21 rings (SSSR count). The van der Waals surface area contributed by atoms with Crippen LogP contribution in [0.5, 0.6) is 5.75 Å². The zero-order chi connectivity index (χ0) is 73.3. The molecule has 0 aliphatic carbocycles. The second-order valence-corrected chi connectivity index (χ2v) is 27.5. The third-order valence-electron chi connectivity index (χ3n) is 20.8. The summed E-state index contributed by atoms with van der Waals surface area (Å²) in [6, 6.07) is 134. The second kappa shape index (κ2) is 30.2. The van der Waals surface area contributed by atoms with Gasteiger partial charge in [0.25, 0.3) is 0 Å². The van der Waals surface area contributed by atoms with Crippen molar-refractivity contribution in [1.82, 2.24) is 29.5 Å². The summed E-state index contributed by atoms with van der Waals surface area (Å²) in [5, 5.41) is 26.9. The average Bonchev–Trinajstić information content (AvgIpc) is 1.27. The van der Waals surface area contributed by atoms with Gasteiger partial charge in [0.15, 0.2) is 23.7 Å². The van der Waals surface area contributed by atoms with Gasteiger partial charge in [0.2, 0.25) is 5.52 Å². The van der Waals surface area contributed by atoms with Crippen LogP contribution >= 0.6 is 0 Å². The molecular formula is C102H67LiN7O+. The summed E-state index contributed by atoms with van der Waals surface area (Å²) in [6.07, 6.45) is 5.46. The molecule has 8 nitrogen and oxygen atoms in total. The van der Waals surface area contributed by atoms with Crippen molar-refractivity contribution < 1.29 is 29.0 Å². The van der Waals surface area contributed by atoms with Crippen LogP contribution in [0, 0.1) is 0 Å². The maximum atomic E-state index is 11.1. The number of H-pyrrole nitrogens is 1. The van der Waals surface area contributed by atoms with E-state index < -0.39 is 0 Å². The fraction of sp³-hybridized carbons (Fsp3) is 0. The van der Waals surface area contributed by atoms with E-state index in [4.69, 9.17) is 19.9 Å². The van der Waals surface area contributed by atoms with E-state index in [0.29, 0.717) is 23.0 Å². The number of hydrogen-bond donors (Lipinski definition) is 0. The van der Waals surface area contributed by atoms with E-state index >= 15 is 0 Å². The van der Waals surface area contributed by atoms with Crippen LogP contribution in [0.2, 0.25) is 0 Å². The molecule has 17 aromatic carbocycles. The van der Waals surface area contributed by atoms with E-state index in [1.165, 1.54) is 92.5 Å². The van der Waals surface area contributed by atoms with Gasteiger partial charge in [0, 0.05) is 57.4 Å². The molecule has 9 heteroatoms. The molecule has 1 N–H and O–H groups in total. The molecule has 4 heterocycles. The molecular weight excluding hydrogens is 1350 g/mol. The smallest absolute Gasteiger partial charge is 0.868 e. The first kappa shape index (κ1) is 68.5. The van der Waals surface area contributed by atoms with Gasteiger partial charge in [-0.05, 0) is 205 Å². The molecule has 0 fully saturated rings. The minimum absolute atomic E-state index is 0. The maximum Gasteiger partial charge on any atom is 1.00 e. The van der Waals surface area contributed by atoms with Crippen molar-refractivity contribution >= 4 is 86.6 Å². The van der Waals surface area contributed by atoms with Gasteiger partial charge >= 0.3 is 18.9 Å². The van der Waals surface area contributed by atoms with E-state index in [1.807, 2.05) is 91.1 Å². The third kappa shape index (κ3) is 13.5. The van der Waals surface area contributed by atoms with E-state index in [0.717, 1.165) is 78.0 Å². The molecule has 0 spiro atoms. The molecule has 0 amide bonds. The van der Waals surface area contributed by atoms with E-state index in [1.54, 1.807) is 24.5 Å². The summed E-state index contributed by atoms with van der Waals surface area (Å²) in [5.41, 5.74) is 19.4. The Morgan fingerprint density at radius 1 is 0.270 bits per heavy atom. The van der Waals surface area contributed by atoms with Crippen molar-refractivity contribution in [3.63, 3.8) is 0 Å². The van der Waals surface area contributed by atoms with Gasteiger partial charge in [-0.25, -0.2) is 24.9 Å². The summed E-state index contributed by atoms with van der Waals surface area (Å²) in [4.78, 5) is 27.4. The number of nitrogens with zero attached hydrogens (tertiary/aromatic N) is 6. The molecule has 0 aliphatic heterocycles. The van der Waals surface area contributed by atoms with Gasteiger partial charge < -0.3 is 5.11 Å². The molecule has 0 radical (unpaired) electrons. The van der Waals surface area contributed by atoms with Crippen molar-refractivity contribution in [1.29, 1.82) is 0 Å². The summed E-state index contributed by atoms with van der Waals surface area (Å²) >= 11 is 0. The van der Waals surface area contributed by atoms with Crippen LogP contribution in [-0.4, -0.2) is 29.5 Å². The summed E-state index contributed by atoms with van der Waals surface area (Å²) < 4.78 is 2.26. The molecule has 516 valence electrons. The number of imidazole rings is 1. The largest absolute Gasteiger partial charge is 1.00 e.